The predicted octanol–water partition coefficient (Wildman–Crippen LogP) is 3.53. The highest BCUT2D eigenvalue weighted by molar-refractivity contribution is 9.10. The molecule has 0 spiro atoms. The molecule has 3 aromatic rings. The first-order chi connectivity index (χ1) is 10.6. The second-order valence-electron chi connectivity index (χ2n) is 4.28. The Hall–Kier alpha value is -1.59. The number of nitrogens with zero attached hydrogens (tertiary/aromatic N) is 3. The van der Waals surface area contributed by atoms with Crippen LogP contribution >= 0.6 is 27.5 Å². The van der Waals surface area contributed by atoms with Crippen molar-refractivity contribution >= 4 is 54.3 Å². The van der Waals surface area contributed by atoms with Gasteiger partial charge in [-0.05, 0) is 12.1 Å². The van der Waals surface area contributed by atoms with Crippen LogP contribution in [0.25, 0.3) is 16.7 Å². The molecule has 0 N–H and O–H groups in total. The van der Waals surface area contributed by atoms with Crippen molar-refractivity contribution in [3.63, 3.8) is 0 Å². The fourth-order valence-corrected chi connectivity index (χ4v) is 3.18. The highest BCUT2D eigenvalue weighted by atomic mass is 79.9. The molecule has 3 rings (SSSR count). The number of alkyl halides is 3. The highest BCUT2D eigenvalue weighted by Crippen LogP contribution is 2.33. The van der Waals surface area contributed by atoms with Gasteiger partial charge in [0.25, 0.3) is 5.88 Å². The van der Waals surface area contributed by atoms with Crippen LogP contribution in [0.1, 0.15) is 0 Å². The molecule has 0 aliphatic heterocycles. The van der Waals surface area contributed by atoms with Gasteiger partial charge in [-0.2, -0.15) is 21.6 Å². The van der Waals surface area contributed by atoms with Gasteiger partial charge in [-0.25, -0.2) is 9.97 Å². The van der Waals surface area contributed by atoms with Gasteiger partial charge >= 0.3 is 15.6 Å². The summed E-state index contributed by atoms with van der Waals surface area (Å²) in [6.45, 7) is 0. The van der Waals surface area contributed by atoms with Crippen LogP contribution in [0.3, 0.4) is 0 Å². The van der Waals surface area contributed by atoms with Crippen molar-refractivity contribution in [2.75, 3.05) is 0 Å². The maximum Gasteiger partial charge on any atom is 0.534 e. The average molecular weight is 431 g/mol. The zero-order valence-electron chi connectivity index (χ0n) is 10.7. The van der Waals surface area contributed by atoms with Gasteiger partial charge in [0.1, 0.15) is 0 Å². The van der Waals surface area contributed by atoms with Crippen molar-refractivity contribution in [2.24, 2.45) is 0 Å². The lowest BCUT2D eigenvalue weighted by atomic mass is 10.3. The molecule has 0 amide bonds. The van der Waals surface area contributed by atoms with Crippen LogP contribution in [0.5, 0.6) is 5.88 Å². The van der Waals surface area contributed by atoms with E-state index in [-0.39, 0.29) is 16.2 Å². The minimum absolute atomic E-state index is 0.127. The van der Waals surface area contributed by atoms with Gasteiger partial charge in [0.05, 0.1) is 16.1 Å². The van der Waals surface area contributed by atoms with Crippen LogP contribution in [-0.2, 0) is 10.1 Å². The van der Waals surface area contributed by atoms with E-state index in [0.717, 1.165) is 0 Å². The second kappa shape index (κ2) is 5.21. The lowest BCUT2D eigenvalue weighted by Crippen LogP contribution is -2.28. The molecule has 0 radical (unpaired) electrons. The molecule has 0 fully saturated rings. The second-order valence-corrected chi connectivity index (χ2v) is 7.14. The van der Waals surface area contributed by atoms with Crippen LogP contribution in [0.2, 0.25) is 5.02 Å². The summed E-state index contributed by atoms with van der Waals surface area (Å²) in [6, 6.07) is 3.01. The number of rotatable bonds is 2. The summed E-state index contributed by atoms with van der Waals surface area (Å²) in [7, 11) is -5.87. The first kappa shape index (κ1) is 16.3. The maximum atomic E-state index is 12.5. The Morgan fingerprint density at radius 3 is 2.65 bits per heavy atom. The molecule has 2 aromatic heterocycles. The van der Waals surface area contributed by atoms with E-state index < -0.39 is 21.5 Å². The molecule has 0 aliphatic rings. The van der Waals surface area contributed by atoms with Gasteiger partial charge in [0.15, 0.2) is 0 Å². The Balaban J connectivity index is 2.31. The number of imidazole rings is 1. The quantitative estimate of drug-likeness (QED) is 0.459. The average Bonchev–Trinajstić information content (AvgIpc) is 2.85. The van der Waals surface area contributed by atoms with E-state index in [1.165, 1.54) is 22.9 Å². The van der Waals surface area contributed by atoms with Crippen LogP contribution in [-0.4, -0.2) is 28.3 Å². The number of fused-ring (bicyclic) bond motifs is 3. The minimum atomic E-state index is -5.87. The SMILES string of the molecule is O=S(=O)(Oc1nc2cc(Br)cc(Cl)c2n2ccnc12)C(F)(F)F. The van der Waals surface area contributed by atoms with Gasteiger partial charge in [-0.15, -0.1) is 0 Å². The van der Waals surface area contributed by atoms with Crippen LogP contribution < -0.4 is 4.18 Å². The molecule has 12 heteroatoms. The van der Waals surface area contributed by atoms with Crippen molar-refractivity contribution in [1.82, 2.24) is 14.4 Å². The summed E-state index contributed by atoms with van der Waals surface area (Å²) in [5, 5.41) is 0.245. The van der Waals surface area contributed by atoms with Crippen molar-refractivity contribution in [2.45, 2.75) is 5.51 Å². The summed E-state index contributed by atoms with van der Waals surface area (Å²) in [6.07, 6.45) is 2.65. The van der Waals surface area contributed by atoms with Gasteiger partial charge in [0.2, 0.25) is 5.65 Å². The van der Waals surface area contributed by atoms with E-state index in [2.05, 4.69) is 30.1 Å². The molecule has 6 nitrogen and oxygen atoms in total. The van der Waals surface area contributed by atoms with Crippen LogP contribution in [0.4, 0.5) is 13.2 Å². The summed E-state index contributed by atoms with van der Waals surface area (Å²) < 4.78 is 65.8. The Morgan fingerprint density at radius 2 is 2.00 bits per heavy atom. The first-order valence-electron chi connectivity index (χ1n) is 5.73. The normalized spacial score (nSPS) is 12.9. The van der Waals surface area contributed by atoms with E-state index in [1.807, 2.05) is 0 Å². The predicted molar refractivity (Wildman–Crippen MR) is 78.8 cm³/mol. The Kier molecular flexibility index (Phi) is 3.69. The number of hydrogen-bond donors (Lipinski definition) is 0. The van der Waals surface area contributed by atoms with Gasteiger partial charge in [-0.1, -0.05) is 27.5 Å². The number of halogens is 5. The molecular weight excluding hydrogens is 427 g/mol. The zero-order chi connectivity index (χ0) is 17.0. The van der Waals surface area contributed by atoms with Crippen LogP contribution in [0.15, 0.2) is 29.0 Å². The minimum Gasteiger partial charge on any atom is -0.351 e. The largest absolute Gasteiger partial charge is 0.534 e. The standard InChI is InChI=1S/C11H4BrClF3N3O3S/c12-5-3-6(13)8-7(4-5)18-10(9-17-1-2-19(8)9)22-23(20,21)11(14,15)16/h1-4H. The summed E-state index contributed by atoms with van der Waals surface area (Å²) >= 11 is 9.27. The summed E-state index contributed by atoms with van der Waals surface area (Å²) in [5.41, 5.74) is -5.32. The van der Waals surface area contributed by atoms with Gasteiger partial charge in [-0.3, -0.25) is 4.40 Å². The molecular formula is C11H4BrClF3N3O3S. The summed E-state index contributed by atoms with van der Waals surface area (Å²) in [4.78, 5) is 7.57. The third-order valence-corrected chi connectivity index (χ3v) is 4.47. The first-order valence-corrected chi connectivity index (χ1v) is 8.30. The lowest BCUT2D eigenvalue weighted by Gasteiger charge is -2.11. The van der Waals surface area contributed by atoms with Crippen molar-refractivity contribution in [3.05, 3.63) is 34.0 Å². The van der Waals surface area contributed by atoms with Crippen molar-refractivity contribution < 1.29 is 25.8 Å². The number of aromatic nitrogens is 3. The van der Waals surface area contributed by atoms with E-state index in [0.29, 0.717) is 9.99 Å². The third-order valence-electron chi connectivity index (χ3n) is 2.78. The molecule has 1 aromatic carbocycles. The Bertz CT molecular complexity index is 1040. The molecule has 122 valence electrons. The number of hydrogen-bond acceptors (Lipinski definition) is 5. The molecule has 2 heterocycles. The van der Waals surface area contributed by atoms with E-state index in [4.69, 9.17) is 11.6 Å². The maximum absolute atomic E-state index is 12.5. The smallest absolute Gasteiger partial charge is 0.351 e. The molecule has 0 aliphatic carbocycles. The Morgan fingerprint density at radius 1 is 1.30 bits per heavy atom. The van der Waals surface area contributed by atoms with E-state index >= 15 is 0 Å². The number of benzene rings is 1. The lowest BCUT2D eigenvalue weighted by molar-refractivity contribution is -0.0500. The van der Waals surface area contributed by atoms with E-state index in [9.17, 15) is 21.6 Å². The molecule has 0 saturated carbocycles. The Labute approximate surface area is 140 Å². The molecule has 0 saturated heterocycles. The molecule has 23 heavy (non-hydrogen) atoms. The fraction of sp³-hybridized carbons (Fsp3) is 0.0909. The van der Waals surface area contributed by atoms with Gasteiger partial charge in [0, 0.05) is 16.9 Å². The third kappa shape index (κ3) is 2.72. The molecule has 0 unspecified atom stereocenters. The fourth-order valence-electron chi connectivity index (χ4n) is 1.88. The van der Waals surface area contributed by atoms with Gasteiger partial charge < -0.3 is 4.18 Å². The molecule has 0 bridgehead atoms. The van der Waals surface area contributed by atoms with Crippen molar-refractivity contribution in [3.8, 4) is 5.88 Å². The summed E-state index contributed by atoms with van der Waals surface area (Å²) in [5.74, 6) is -0.797. The zero-order valence-corrected chi connectivity index (χ0v) is 13.8. The van der Waals surface area contributed by atoms with Crippen LogP contribution in [0, 0.1) is 0 Å². The monoisotopic (exact) mass is 429 g/mol. The van der Waals surface area contributed by atoms with Crippen molar-refractivity contribution in [1.29, 1.82) is 0 Å². The topological polar surface area (TPSA) is 73.6 Å². The van der Waals surface area contributed by atoms with E-state index in [1.54, 1.807) is 6.07 Å². The molecule has 0 atom stereocenters. The highest BCUT2D eigenvalue weighted by Gasteiger charge is 2.49.